The van der Waals surface area contributed by atoms with Gasteiger partial charge in [-0.15, -0.1) is 0 Å². The molecule has 154 valence electrons. The zero-order valence-corrected chi connectivity index (χ0v) is 19.5. The van der Waals surface area contributed by atoms with E-state index in [1.807, 2.05) is 19.1 Å². The molecule has 1 unspecified atom stereocenters. The molecule has 0 saturated carbocycles. The summed E-state index contributed by atoms with van der Waals surface area (Å²) in [4.78, 5) is 17.9. The maximum atomic E-state index is 11.1. The summed E-state index contributed by atoms with van der Waals surface area (Å²) in [6, 6.07) is 6.18. The van der Waals surface area contributed by atoms with Crippen LogP contribution in [0.4, 0.5) is 16.5 Å². The molecule has 1 atom stereocenters. The van der Waals surface area contributed by atoms with Crippen LogP contribution < -0.4 is 10.2 Å². The molecule has 1 aromatic heterocycles. The number of benzene rings is 1. The fraction of sp³-hybridized carbons (Fsp3) is 0.550. The van der Waals surface area contributed by atoms with Gasteiger partial charge >= 0.3 is 5.97 Å². The number of carboxylic acids is 1. The molecule has 0 amide bonds. The molecule has 8 heteroatoms. The van der Waals surface area contributed by atoms with Gasteiger partial charge in [-0.1, -0.05) is 40.7 Å². The fourth-order valence-corrected chi connectivity index (χ4v) is 4.14. The first-order valence-corrected chi connectivity index (χ1v) is 11.1. The highest BCUT2D eigenvalue weighted by Crippen LogP contribution is 2.34. The van der Waals surface area contributed by atoms with Crippen LogP contribution >= 0.6 is 27.5 Å². The second-order valence-electron chi connectivity index (χ2n) is 7.96. The van der Waals surface area contributed by atoms with Crippen molar-refractivity contribution in [3.63, 3.8) is 0 Å². The number of nitrogens with zero attached hydrogens (tertiary/aromatic N) is 3. The number of aromatic nitrogens is 2. The first kappa shape index (κ1) is 22.6. The van der Waals surface area contributed by atoms with Crippen molar-refractivity contribution in [3.8, 4) is 0 Å². The summed E-state index contributed by atoms with van der Waals surface area (Å²) >= 11 is 4.58. The Labute approximate surface area is 179 Å². The Balaban J connectivity index is 2.44. The normalized spacial score (nSPS) is 12.4. The van der Waals surface area contributed by atoms with Crippen LogP contribution in [0.2, 0.25) is 0 Å². The summed E-state index contributed by atoms with van der Waals surface area (Å²) in [5.74, 6) is 0.179. The van der Waals surface area contributed by atoms with Gasteiger partial charge in [-0.3, -0.25) is 4.79 Å². The number of carbonyl (C=O) groups is 1. The van der Waals surface area contributed by atoms with Crippen LogP contribution in [0.5, 0.6) is 0 Å². The highest BCUT2D eigenvalue weighted by atomic mass is 79.9. The van der Waals surface area contributed by atoms with Gasteiger partial charge in [-0.25, -0.2) is 0 Å². The van der Waals surface area contributed by atoms with E-state index in [2.05, 4.69) is 69.3 Å². The van der Waals surface area contributed by atoms with Crippen molar-refractivity contribution in [1.82, 2.24) is 9.36 Å². The minimum absolute atomic E-state index is 0.0723. The van der Waals surface area contributed by atoms with Gasteiger partial charge in [0.15, 0.2) is 0 Å². The van der Waals surface area contributed by atoms with Gasteiger partial charge in [-0.05, 0) is 51.4 Å². The summed E-state index contributed by atoms with van der Waals surface area (Å²) in [5.41, 5.74) is 3.02. The lowest BCUT2D eigenvalue weighted by Gasteiger charge is -2.31. The largest absolute Gasteiger partial charge is 0.481 e. The maximum Gasteiger partial charge on any atom is 0.303 e. The van der Waals surface area contributed by atoms with Crippen LogP contribution in [0.15, 0.2) is 22.9 Å². The first-order chi connectivity index (χ1) is 13.2. The summed E-state index contributed by atoms with van der Waals surface area (Å²) in [6.07, 6.45) is 0.102. The molecule has 0 aliphatic carbocycles. The Hall–Kier alpha value is -1.67. The number of nitrogens with one attached hydrogen (secondary N) is 1. The number of aliphatic carboxylic acids is 1. The molecule has 0 fully saturated rings. The number of hydrogen-bond donors (Lipinski definition) is 2. The number of anilines is 3. The lowest BCUT2D eigenvalue weighted by molar-refractivity contribution is -0.137. The minimum atomic E-state index is -0.791. The van der Waals surface area contributed by atoms with Crippen molar-refractivity contribution in [2.24, 2.45) is 11.8 Å². The van der Waals surface area contributed by atoms with Crippen molar-refractivity contribution in [3.05, 3.63) is 28.5 Å². The molecule has 28 heavy (non-hydrogen) atoms. The average molecular weight is 469 g/mol. The predicted molar refractivity (Wildman–Crippen MR) is 120 cm³/mol. The van der Waals surface area contributed by atoms with E-state index in [-0.39, 0.29) is 12.3 Å². The van der Waals surface area contributed by atoms with Crippen LogP contribution in [0.1, 0.15) is 52.5 Å². The number of halogens is 1. The molecule has 2 N–H and O–H groups in total. The monoisotopic (exact) mass is 468 g/mol. The molecular weight excluding hydrogens is 440 g/mol. The summed E-state index contributed by atoms with van der Waals surface area (Å²) < 4.78 is 4.73. The Morgan fingerprint density at radius 1 is 1.21 bits per heavy atom. The maximum absolute atomic E-state index is 11.1. The quantitative estimate of drug-likeness (QED) is 0.462. The van der Waals surface area contributed by atoms with Crippen LogP contribution in [0.3, 0.4) is 0 Å². The van der Waals surface area contributed by atoms with Crippen LogP contribution in [-0.4, -0.2) is 33.5 Å². The molecule has 0 aliphatic rings. The van der Waals surface area contributed by atoms with E-state index in [4.69, 9.17) is 5.11 Å². The minimum Gasteiger partial charge on any atom is -0.481 e. The molecule has 0 saturated heterocycles. The van der Waals surface area contributed by atoms with Gasteiger partial charge in [0.2, 0.25) is 9.87 Å². The molecule has 2 rings (SSSR count). The second-order valence-corrected chi connectivity index (χ2v) is 9.42. The van der Waals surface area contributed by atoms with Gasteiger partial charge in [0.1, 0.15) is 0 Å². The van der Waals surface area contributed by atoms with Crippen molar-refractivity contribution in [2.45, 2.75) is 47.0 Å². The Morgan fingerprint density at radius 3 is 2.36 bits per heavy atom. The van der Waals surface area contributed by atoms with E-state index >= 15 is 0 Å². The zero-order valence-electron chi connectivity index (χ0n) is 17.1. The van der Waals surface area contributed by atoms with E-state index in [1.54, 1.807) is 0 Å². The van der Waals surface area contributed by atoms with E-state index in [1.165, 1.54) is 11.5 Å². The number of rotatable bonds is 10. The standard InChI is InChI=1S/C20H29BrN4O2S/c1-12(2)10-25(11-13(3)4)17-7-6-15(14(5)8-18(26)27)9-16(17)22-20-23-19(21)24-28-20/h6-7,9,12-14H,8,10-11H2,1-5H3,(H,26,27)(H,22,23,24). The summed E-state index contributed by atoms with van der Waals surface area (Å²) in [7, 11) is 0. The molecule has 1 aromatic carbocycles. The molecule has 0 bridgehead atoms. The van der Waals surface area contributed by atoms with Crippen molar-refractivity contribution in [1.29, 1.82) is 0 Å². The summed E-state index contributed by atoms with van der Waals surface area (Å²) in [5, 5.41) is 13.2. The SMILES string of the molecule is CC(C)CN(CC(C)C)c1ccc(C(C)CC(=O)O)cc1Nc1nc(Br)ns1. The van der Waals surface area contributed by atoms with Gasteiger partial charge in [0.05, 0.1) is 17.8 Å². The van der Waals surface area contributed by atoms with Crippen molar-refractivity contribution in [2.75, 3.05) is 23.3 Å². The lowest BCUT2D eigenvalue weighted by Crippen LogP contribution is -2.31. The smallest absolute Gasteiger partial charge is 0.303 e. The van der Waals surface area contributed by atoms with Crippen LogP contribution in [-0.2, 0) is 4.79 Å². The molecule has 2 aromatic rings. The third kappa shape index (κ3) is 6.74. The van der Waals surface area contributed by atoms with Gasteiger partial charge in [0.25, 0.3) is 0 Å². The van der Waals surface area contributed by atoms with Gasteiger partial charge in [0, 0.05) is 24.6 Å². The summed E-state index contributed by atoms with van der Waals surface area (Å²) in [6.45, 7) is 12.7. The van der Waals surface area contributed by atoms with Gasteiger partial charge < -0.3 is 15.3 Å². The van der Waals surface area contributed by atoms with E-state index in [9.17, 15) is 4.79 Å². The van der Waals surface area contributed by atoms with Crippen LogP contribution in [0.25, 0.3) is 0 Å². The highest BCUT2D eigenvalue weighted by molar-refractivity contribution is 9.10. The van der Waals surface area contributed by atoms with Crippen molar-refractivity contribution < 1.29 is 9.90 Å². The highest BCUT2D eigenvalue weighted by Gasteiger charge is 2.18. The molecule has 0 spiro atoms. The topological polar surface area (TPSA) is 78.4 Å². The molecular formula is C20H29BrN4O2S. The third-order valence-electron chi connectivity index (χ3n) is 4.23. The van der Waals surface area contributed by atoms with E-state index in [0.717, 1.165) is 30.0 Å². The number of hydrogen-bond acceptors (Lipinski definition) is 6. The lowest BCUT2D eigenvalue weighted by atomic mass is 9.96. The Bertz CT molecular complexity index is 784. The van der Waals surface area contributed by atoms with E-state index in [0.29, 0.717) is 21.7 Å². The molecule has 6 nitrogen and oxygen atoms in total. The first-order valence-electron chi connectivity index (χ1n) is 9.52. The second kappa shape index (κ2) is 10.2. The zero-order chi connectivity index (χ0) is 20.8. The average Bonchev–Trinajstić information content (AvgIpc) is 2.97. The predicted octanol–water partition coefficient (Wildman–Crippen LogP) is 5.74. The van der Waals surface area contributed by atoms with E-state index < -0.39 is 5.97 Å². The molecule has 0 aliphatic heterocycles. The van der Waals surface area contributed by atoms with Gasteiger partial charge in [-0.2, -0.15) is 9.36 Å². The molecule has 0 radical (unpaired) electrons. The fourth-order valence-electron chi connectivity index (χ4n) is 3.14. The number of carboxylic acid groups (broad SMARTS) is 1. The Morgan fingerprint density at radius 2 is 1.86 bits per heavy atom. The third-order valence-corrected chi connectivity index (χ3v) is 5.44. The Kier molecular flexibility index (Phi) is 8.24. The molecule has 1 heterocycles. The van der Waals surface area contributed by atoms with Crippen molar-refractivity contribution >= 4 is 49.9 Å². The van der Waals surface area contributed by atoms with Crippen LogP contribution in [0, 0.1) is 11.8 Å².